The average Bonchev–Trinajstić information content (AvgIpc) is 3.04. The van der Waals surface area contributed by atoms with Crippen molar-refractivity contribution in [3.05, 3.63) is 42.4 Å². The third kappa shape index (κ3) is 2.85. The van der Waals surface area contributed by atoms with Gasteiger partial charge in [-0.15, -0.1) is 0 Å². The van der Waals surface area contributed by atoms with Crippen molar-refractivity contribution in [2.24, 2.45) is 0 Å². The summed E-state index contributed by atoms with van der Waals surface area (Å²) in [7, 11) is 0. The Bertz CT molecular complexity index is 928. The number of carbonyl (C=O) groups is 1. The highest BCUT2D eigenvalue weighted by Crippen LogP contribution is 2.29. The van der Waals surface area contributed by atoms with Crippen LogP contribution in [-0.2, 0) is 4.79 Å². The van der Waals surface area contributed by atoms with Crippen LogP contribution in [0.4, 0.5) is 0 Å². The monoisotopic (exact) mass is 349 g/mol. The van der Waals surface area contributed by atoms with E-state index in [-0.39, 0.29) is 11.9 Å². The van der Waals surface area contributed by atoms with Crippen molar-refractivity contribution in [3.8, 4) is 11.4 Å². The van der Waals surface area contributed by atoms with Crippen LogP contribution in [0.1, 0.15) is 44.6 Å². The Morgan fingerprint density at radius 1 is 1.12 bits per heavy atom. The number of aromatic nitrogens is 4. The predicted molar refractivity (Wildman–Crippen MR) is 101 cm³/mol. The summed E-state index contributed by atoms with van der Waals surface area (Å²) in [6.07, 6.45) is 10.8. The summed E-state index contributed by atoms with van der Waals surface area (Å²) in [6.45, 7) is 3.66. The number of pyridine rings is 2. The van der Waals surface area contributed by atoms with Gasteiger partial charge in [0, 0.05) is 31.1 Å². The maximum atomic E-state index is 12.7. The van der Waals surface area contributed by atoms with Gasteiger partial charge in [-0.05, 0) is 43.5 Å². The van der Waals surface area contributed by atoms with E-state index in [1.807, 2.05) is 34.8 Å². The molecule has 0 saturated heterocycles. The van der Waals surface area contributed by atoms with Crippen molar-refractivity contribution < 1.29 is 4.79 Å². The van der Waals surface area contributed by atoms with Crippen LogP contribution in [0.15, 0.2) is 36.8 Å². The van der Waals surface area contributed by atoms with Crippen molar-refractivity contribution in [1.29, 1.82) is 0 Å². The Hall–Kier alpha value is -2.76. The smallest absolute Gasteiger partial charge is 0.238 e. The first kappa shape index (κ1) is 16.7. The lowest BCUT2D eigenvalue weighted by Crippen LogP contribution is -2.48. The molecule has 0 spiro atoms. The fraction of sp³-hybridized carbons (Fsp3) is 0.400. The number of fused-ring (bicyclic) bond motifs is 1. The molecule has 134 valence electrons. The SMILES string of the molecule is CC(=O)N(C1CCCCC1)n1c(-c2ccncc2)nc2c(C)ccnc21. The molecule has 1 amide bonds. The Balaban J connectivity index is 1.96. The first-order valence-corrected chi connectivity index (χ1v) is 9.21. The molecule has 0 atom stereocenters. The normalized spacial score (nSPS) is 15.3. The Morgan fingerprint density at radius 3 is 2.54 bits per heavy atom. The van der Waals surface area contributed by atoms with Gasteiger partial charge in [0.05, 0.1) is 6.04 Å². The van der Waals surface area contributed by atoms with Crippen LogP contribution < -0.4 is 5.01 Å². The number of aryl methyl sites for hydroxylation is 1. The second-order valence-electron chi connectivity index (χ2n) is 6.94. The van der Waals surface area contributed by atoms with Gasteiger partial charge in [-0.25, -0.2) is 19.7 Å². The minimum atomic E-state index is 0.0230. The molecular formula is C20H23N5O. The molecule has 3 aromatic rings. The second kappa shape index (κ2) is 6.86. The van der Waals surface area contributed by atoms with E-state index in [0.717, 1.165) is 53.8 Å². The predicted octanol–water partition coefficient (Wildman–Crippen LogP) is 3.62. The van der Waals surface area contributed by atoms with E-state index in [2.05, 4.69) is 9.97 Å². The van der Waals surface area contributed by atoms with Gasteiger partial charge >= 0.3 is 0 Å². The highest BCUT2D eigenvalue weighted by molar-refractivity contribution is 5.89. The number of hydrogen-bond acceptors (Lipinski definition) is 4. The summed E-state index contributed by atoms with van der Waals surface area (Å²) in [4.78, 5) is 26.2. The minimum Gasteiger partial charge on any atom is -0.273 e. The zero-order valence-corrected chi connectivity index (χ0v) is 15.2. The lowest BCUT2D eigenvalue weighted by atomic mass is 9.95. The van der Waals surface area contributed by atoms with Crippen LogP contribution in [0.5, 0.6) is 0 Å². The number of rotatable bonds is 3. The van der Waals surface area contributed by atoms with Gasteiger partial charge in [-0.1, -0.05) is 19.3 Å². The highest BCUT2D eigenvalue weighted by atomic mass is 16.2. The summed E-state index contributed by atoms with van der Waals surface area (Å²) >= 11 is 0. The standard InChI is InChI=1S/C20H23N5O/c1-14-8-13-22-20-18(14)23-19(16-9-11-21-12-10-16)25(20)24(15(2)26)17-6-4-3-5-7-17/h8-13,17H,3-7H2,1-2H3. The summed E-state index contributed by atoms with van der Waals surface area (Å²) in [5.41, 5.74) is 3.55. The van der Waals surface area contributed by atoms with Crippen LogP contribution in [-0.4, -0.2) is 31.6 Å². The van der Waals surface area contributed by atoms with Crippen LogP contribution in [0.3, 0.4) is 0 Å². The lowest BCUT2D eigenvalue weighted by molar-refractivity contribution is -0.118. The molecule has 3 aromatic heterocycles. The fourth-order valence-corrected chi connectivity index (χ4v) is 3.86. The maximum Gasteiger partial charge on any atom is 0.238 e. The third-order valence-electron chi connectivity index (χ3n) is 5.12. The molecule has 3 heterocycles. The molecule has 1 aliphatic rings. The Kier molecular flexibility index (Phi) is 4.41. The molecule has 0 aromatic carbocycles. The van der Waals surface area contributed by atoms with Crippen molar-refractivity contribution in [1.82, 2.24) is 19.6 Å². The average molecular weight is 349 g/mol. The van der Waals surface area contributed by atoms with E-state index < -0.39 is 0 Å². The van der Waals surface area contributed by atoms with Gasteiger partial charge in [0.1, 0.15) is 5.52 Å². The molecule has 6 nitrogen and oxygen atoms in total. The van der Waals surface area contributed by atoms with Gasteiger partial charge in [0.15, 0.2) is 11.5 Å². The third-order valence-corrected chi connectivity index (χ3v) is 5.12. The molecule has 6 heteroatoms. The number of amides is 1. The summed E-state index contributed by atoms with van der Waals surface area (Å²) in [6, 6.07) is 5.98. The first-order chi connectivity index (χ1) is 12.7. The first-order valence-electron chi connectivity index (χ1n) is 9.21. The van der Waals surface area contributed by atoms with E-state index >= 15 is 0 Å². The molecule has 1 aliphatic carbocycles. The summed E-state index contributed by atoms with van der Waals surface area (Å²) < 4.78 is 1.93. The van der Waals surface area contributed by atoms with Gasteiger partial charge in [-0.3, -0.25) is 9.78 Å². The van der Waals surface area contributed by atoms with Crippen molar-refractivity contribution in [2.45, 2.75) is 52.0 Å². The van der Waals surface area contributed by atoms with E-state index in [1.54, 1.807) is 25.5 Å². The number of nitrogens with zero attached hydrogens (tertiary/aromatic N) is 5. The second-order valence-corrected chi connectivity index (χ2v) is 6.94. The summed E-state index contributed by atoms with van der Waals surface area (Å²) in [5, 5.41) is 1.87. The van der Waals surface area contributed by atoms with Gasteiger partial charge in [-0.2, -0.15) is 0 Å². The topological polar surface area (TPSA) is 63.9 Å². The Morgan fingerprint density at radius 2 is 1.85 bits per heavy atom. The minimum absolute atomic E-state index is 0.0230. The molecular weight excluding hydrogens is 326 g/mol. The van der Waals surface area contributed by atoms with E-state index in [1.165, 1.54) is 6.42 Å². The molecule has 0 bridgehead atoms. The fourth-order valence-electron chi connectivity index (χ4n) is 3.86. The van der Waals surface area contributed by atoms with Crippen LogP contribution in [0.25, 0.3) is 22.6 Å². The number of carbonyl (C=O) groups excluding carboxylic acids is 1. The van der Waals surface area contributed by atoms with Gasteiger partial charge in [0.25, 0.3) is 0 Å². The molecule has 0 radical (unpaired) electrons. The molecule has 0 aliphatic heterocycles. The van der Waals surface area contributed by atoms with Gasteiger partial charge < -0.3 is 0 Å². The molecule has 4 rings (SSSR count). The number of hydrogen-bond donors (Lipinski definition) is 0. The largest absolute Gasteiger partial charge is 0.273 e. The van der Waals surface area contributed by atoms with Gasteiger partial charge in [0.2, 0.25) is 5.91 Å². The number of imidazole rings is 1. The van der Waals surface area contributed by atoms with Crippen molar-refractivity contribution in [3.63, 3.8) is 0 Å². The Labute approximate surface area is 152 Å². The zero-order valence-electron chi connectivity index (χ0n) is 15.2. The lowest BCUT2D eigenvalue weighted by Gasteiger charge is -2.34. The molecule has 0 N–H and O–H groups in total. The van der Waals surface area contributed by atoms with Crippen LogP contribution in [0.2, 0.25) is 0 Å². The van der Waals surface area contributed by atoms with E-state index in [0.29, 0.717) is 0 Å². The van der Waals surface area contributed by atoms with Crippen molar-refractivity contribution >= 4 is 17.1 Å². The molecule has 0 unspecified atom stereocenters. The molecule has 1 fully saturated rings. The van der Waals surface area contributed by atoms with Crippen molar-refractivity contribution in [2.75, 3.05) is 5.01 Å². The van der Waals surface area contributed by atoms with E-state index in [9.17, 15) is 4.79 Å². The summed E-state index contributed by atoms with van der Waals surface area (Å²) in [5.74, 6) is 0.764. The molecule has 1 saturated carbocycles. The molecule has 26 heavy (non-hydrogen) atoms. The van der Waals surface area contributed by atoms with E-state index in [4.69, 9.17) is 4.98 Å². The quantitative estimate of drug-likeness (QED) is 0.724. The van der Waals surface area contributed by atoms with Crippen LogP contribution >= 0.6 is 0 Å². The van der Waals surface area contributed by atoms with Crippen LogP contribution in [0, 0.1) is 6.92 Å². The highest BCUT2D eigenvalue weighted by Gasteiger charge is 2.29. The maximum absolute atomic E-state index is 12.7. The zero-order chi connectivity index (χ0) is 18.1.